The highest BCUT2D eigenvalue weighted by molar-refractivity contribution is 6.00. The van der Waals surface area contributed by atoms with E-state index in [2.05, 4.69) is 0 Å². The molecule has 0 saturated carbocycles. The Morgan fingerprint density at radius 1 is 1.17 bits per heavy atom. The molecule has 0 amide bonds. The van der Waals surface area contributed by atoms with Crippen LogP contribution in [0.5, 0.6) is 0 Å². The summed E-state index contributed by atoms with van der Waals surface area (Å²) in [5, 5.41) is 11.5. The molecule has 0 spiro atoms. The molecule has 0 bridgehead atoms. The molecular formula is C21H25N3O5. The summed E-state index contributed by atoms with van der Waals surface area (Å²) in [6.07, 6.45) is 1.98. The van der Waals surface area contributed by atoms with Crippen molar-refractivity contribution in [2.45, 2.75) is 40.2 Å². The lowest BCUT2D eigenvalue weighted by Gasteiger charge is -2.17. The third-order valence-electron chi connectivity index (χ3n) is 5.38. The molecule has 1 aromatic carbocycles. The molecule has 2 heterocycles. The number of nitro benzene ring substituents is 1. The number of ketones is 1. The van der Waals surface area contributed by atoms with E-state index in [0.717, 1.165) is 43.9 Å². The average molecular weight is 399 g/mol. The zero-order valence-corrected chi connectivity index (χ0v) is 16.9. The number of hydrogen-bond acceptors (Lipinski definition) is 6. The summed E-state index contributed by atoms with van der Waals surface area (Å²) in [6, 6.07) is 6.10. The Morgan fingerprint density at radius 2 is 1.86 bits per heavy atom. The fourth-order valence-electron chi connectivity index (χ4n) is 3.88. The zero-order valence-electron chi connectivity index (χ0n) is 16.9. The van der Waals surface area contributed by atoms with Crippen LogP contribution >= 0.6 is 0 Å². The van der Waals surface area contributed by atoms with Crippen LogP contribution < -0.4 is 4.90 Å². The van der Waals surface area contributed by atoms with E-state index in [1.165, 1.54) is 12.1 Å². The fraction of sp³-hybridized carbons (Fsp3) is 0.429. The van der Waals surface area contributed by atoms with Gasteiger partial charge < -0.3 is 14.2 Å². The van der Waals surface area contributed by atoms with Crippen LogP contribution in [0.4, 0.5) is 11.4 Å². The maximum absolute atomic E-state index is 12.5. The van der Waals surface area contributed by atoms with E-state index >= 15 is 0 Å². The first-order valence-corrected chi connectivity index (χ1v) is 9.74. The smallest absolute Gasteiger partial charge is 0.338 e. The van der Waals surface area contributed by atoms with Crippen molar-refractivity contribution in [2.24, 2.45) is 0 Å². The lowest BCUT2D eigenvalue weighted by atomic mass is 10.1. The van der Waals surface area contributed by atoms with Gasteiger partial charge in [-0.3, -0.25) is 14.9 Å². The predicted molar refractivity (Wildman–Crippen MR) is 109 cm³/mol. The summed E-state index contributed by atoms with van der Waals surface area (Å²) in [4.78, 5) is 37.8. The first-order valence-electron chi connectivity index (χ1n) is 9.74. The highest BCUT2D eigenvalue weighted by Gasteiger charge is 2.25. The summed E-state index contributed by atoms with van der Waals surface area (Å²) in [5.74, 6) is -1.05. The number of aromatic nitrogens is 1. The van der Waals surface area contributed by atoms with Crippen LogP contribution in [0.3, 0.4) is 0 Å². The predicted octanol–water partition coefficient (Wildman–Crippen LogP) is 3.67. The van der Waals surface area contributed by atoms with E-state index in [1.807, 2.05) is 30.2 Å². The van der Waals surface area contributed by atoms with E-state index in [9.17, 15) is 19.7 Å². The molecule has 0 unspecified atom stereocenters. The number of ether oxygens (including phenoxy) is 1. The maximum atomic E-state index is 12.5. The molecule has 0 radical (unpaired) electrons. The van der Waals surface area contributed by atoms with E-state index in [0.29, 0.717) is 11.3 Å². The fourth-order valence-corrected chi connectivity index (χ4v) is 3.88. The summed E-state index contributed by atoms with van der Waals surface area (Å²) >= 11 is 0. The van der Waals surface area contributed by atoms with E-state index in [4.69, 9.17) is 4.74 Å². The van der Waals surface area contributed by atoms with Crippen LogP contribution in [0.15, 0.2) is 24.3 Å². The standard InChI is InChI=1S/C21H25N3O5/c1-4-23-14(2)11-17(15(23)3)20(25)13-29-21(26)16-7-8-18(19(12-16)24(27)28)22-9-5-6-10-22/h7-8,11-12H,4-6,9-10,13H2,1-3H3. The van der Waals surface area contributed by atoms with Crippen LogP contribution in [0, 0.1) is 24.0 Å². The number of esters is 1. The van der Waals surface area contributed by atoms with Gasteiger partial charge in [-0.15, -0.1) is 0 Å². The minimum absolute atomic E-state index is 0.0616. The second kappa shape index (κ2) is 8.46. The van der Waals surface area contributed by atoms with Crippen molar-refractivity contribution in [3.05, 3.63) is 56.9 Å². The van der Waals surface area contributed by atoms with Gasteiger partial charge in [-0.25, -0.2) is 4.79 Å². The number of carbonyl (C=O) groups excluding carboxylic acids is 2. The van der Waals surface area contributed by atoms with Gasteiger partial charge in [-0.1, -0.05) is 0 Å². The van der Waals surface area contributed by atoms with Gasteiger partial charge in [-0.05, 0) is 51.8 Å². The Hall–Kier alpha value is -3.16. The third kappa shape index (κ3) is 4.16. The van der Waals surface area contributed by atoms with E-state index < -0.39 is 17.5 Å². The molecule has 29 heavy (non-hydrogen) atoms. The highest BCUT2D eigenvalue weighted by Crippen LogP contribution is 2.31. The maximum Gasteiger partial charge on any atom is 0.338 e. The topological polar surface area (TPSA) is 94.7 Å². The molecule has 3 rings (SSSR count). The number of rotatable bonds is 7. The minimum atomic E-state index is -0.751. The number of carbonyl (C=O) groups is 2. The second-order valence-corrected chi connectivity index (χ2v) is 7.18. The van der Waals surface area contributed by atoms with Crippen molar-refractivity contribution in [1.29, 1.82) is 0 Å². The largest absolute Gasteiger partial charge is 0.454 e. The Balaban J connectivity index is 1.73. The summed E-state index contributed by atoms with van der Waals surface area (Å²) in [5.41, 5.74) is 2.76. The van der Waals surface area contributed by atoms with Crippen molar-refractivity contribution in [3.8, 4) is 0 Å². The molecular weight excluding hydrogens is 374 g/mol. The Kier molecular flexibility index (Phi) is 6.00. The van der Waals surface area contributed by atoms with Gasteiger partial charge >= 0.3 is 5.97 Å². The van der Waals surface area contributed by atoms with E-state index in [-0.39, 0.29) is 17.0 Å². The van der Waals surface area contributed by atoms with Crippen molar-refractivity contribution < 1.29 is 19.2 Å². The van der Waals surface area contributed by atoms with Gasteiger partial charge in [-0.2, -0.15) is 0 Å². The molecule has 0 atom stereocenters. The highest BCUT2D eigenvalue weighted by atomic mass is 16.6. The molecule has 1 fully saturated rings. The molecule has 154 valence electrons. The normalized spacial score (nSPS) is 13.6. The van der Waals surface area contributed by atoms with Crippen LogP contribution in [0.2, 0.25) is 0 Å². The second-order valence-electron chi connectivity index (χ2n) is 7.18. The average Bonchev–Trinajstić information content (AvgIpc) is 3.33. The van der Waals surface area contributed by atoms with Gasteiger partial charge in [0.15, 0.2) is 6.61 Å². The minimum Gasteiger partial charge on any atom is -0.454 e. The number of nitro groups is 1. The SMILES string of the molecule is CCn1c(C)cc(C(=O)COC(=O)c2ccc(N3CCCC3)c([N+](=O)[O-])c2)c1C. The number of Topliss-reactive ketones (excluding diaryl/α,β-unsaturated/α-hetero) is 1. The van der Waals surface area contributed by atoms with Gasteiger partial charge in [0.05, 0.1) is 10.5 Å². The summed E-state index contributed by atoms with van der Waals surface area (Å²) in [6.45, 7) is 7.62. The number of benzene rings is 1. The van der Waals surface area contributed by atoms with Gasteiger partial charge in [0.1, 0.15) is 5.69 Å². The van der Waals surface area contributed by atoms with Crippen LogP contribution in [0.25, 0.3) is 0 Å². The van der Waals surface area contributed by atoms with Crippen molar-refractivity contribution in [1.82, 2.24) is 4.57 Å². The zero-order chi connectivity index (χ0) is 21.1. The number of hydrogen-bond donors (Lipinski definition) is 0. The Bertz CT molecular complexity index is 957. The van der Waals surface area contributed by atoms with E-state index in [1.54, 1.807) is 12.1 Å². The van der Waals surface area contributed by atoms with Crippen molar-refractivity contribution in [3.63, 3.8) is 0 Å². The van der Waals surface area contributed by atoms with Crippen LogP contribution in [-0.4, -0.2) is 40.9 Å². The monoisotopic (exact) mass is 399 g/mol. The molecule has 8 nitrogen and oxygen atoms in total. The Morgan fingerprint density at radius 3 is 2.45 bits per heavy atom. The molecule has 1 aliphatic rings. The lowest BCUT2D eigenvalue weighted by molar-refractivity contribution is -0.384. The van der Waals surface area contributed by atoms with Crippen molar-refractivity contribution in [2.75, 3.05) is 24.6 Å². The third-order valence-corrected chi connectivity index (χ3v) is 5.38. The quantitative estimate of drug-likeness (QED) is 0.305. The number of nitrogens with zero attached hydrogens (tertiary/aromatic N) is 3. The van der Waals surface area contributed by atoms with Gasteiger partial charge in [0.2, 0.25) is 5.78 Å². The van der Waals surface area contributed by atoms with Crippen LogP contribution in [0.1, 0.15) is 51.9 Å². The number of anilines is 1. The van der Waals surface area contributed by atoms with Crippen LogP contribution in [-0.2, 0) is 11.3 Å². The molecule has 2 aromatic rings. The molecule has 0 aliphatic carbocycles. The Labute approximate surface area is 169 Å². The number of aryl methyl sites for hydroxylation is 1. The molecule has 1 aromatic heterocycles. The lowest BCUT2D eigenvalue weighted by Crippen LogP contribution is -2.19. The molecule has 1 aliphatic heterocycles. The first-order chi connectivity index (χ1) is 13.8. The van der Waals surface area contributed by atoms with Gasteiger partial charge in [0, 0.05) is 42.7 Å². The molecule has 1 saturated heterocycles. The summed E-state index contributed by atoms with van der Waals surface area (Å²) < 4.78 is 7.16. The van der Waals surface area contributed by atoms with Gasteiger partial charge in [0.25, 0.3) is 5.69 Å². The first kappa shape index (κ1) is 20.6. The van der Waals surface area contributed by atoms with Crippen molar-refractivity contribution >= 4 is 23.1 Å². The summed E-state index contributed by atoms with van der Waals surface area (Å²) in [7, 11) is 0. The molecule has 8 heteroatoms. The molecule has 0 N–H and O–H groups in total.